The molecule has 5 aromatic rings. The van der Waals surface area contributed by atoms with Crippen LogP contribution in [0.5, 0.6) is 23.0 Å². The van der Waals surface area contributed by atoms with Crippen LogP contribution in [0.4, 0.5) is 25.0 Å². The highest BCUT2D eigenvalue weighted by Crippen LogP contribution is 2.38. The average molecular weight is 660 g/mol. The minimum atomic E-state index is -1.35. The van der Waals surface area contributed by atoms with Crippen molar-refractivity contribution < 1.29 is 37.4 Å². The first-order chi connectivity index (χ1) is 22.6. The number of aromatic nitrogens is 2. The lowest BCUT2D eigenvalue weighted by molar-refractivity contribution is -0.132. The Kier molecular flexibility index (Phi) is 8.68. The van der Waals surface area contributed by atoms with Crippen LogP contribution in [0.2, 0.25) is 0 Å². The zero-order valence-corrected chi connectivity index (χ0v) is 26.1. The van der Waals surface area contributed by atoms with Gasteiger partial charge in [0, 0.05) is 41.3 Å². The molecule has 1 atom stereocenters. The smallest absolute Gasteiger partial charge is 0.331 e. The lowest BCUT2D eigenvalue weighted by atomic mass is 10.0. The Morgan fingerprint density at radius 3 is 2.40 bits per heavy atom. The fraction of sp³-hybridized carbons (Fsp3) is 0.182. The number of halogens is 2. The molecule has 1 saturated heterocycles. The molecule has 4 amide bonds. The van der Waals surface area contributed by atoms with E-state index in [4.69, 9.17) is 14.2 Å². The lowest BCUT2D eigenvalue weighted by Gasteiger charge is -2.37. The Labute approximate surface area is 271 Å². The number of anilines is 2. The number of pyridine rings is 1. The van der Waals surface area contributed by atoms with E-state index in [1.807, 2.05) is 6.92 Å². The minimum Gasteiger partial charge on any atom is -0.493 e. The molecule has 1 unspecified atom stereocenters. The molecule has 3 aromatic carbocycles. The van der Waals surface area contributed by atoms with Gasteiger partial charge in [0.25, 0.3) is 0 Å². The molecule has 1 aliphatic heterocycles. The summed E-state index contributed by atoms with van der Waals surface area (Å²) < 4.78 is 45.6. The second kappa shape index (κ2) is 13.0. The molecule has 0 bridgehead atoms. The van der Waals surface area contributed by atoms with Gasteiger partial charge in [-0.1, -0.05) is 0 Å². The zero-order chi connectivity index (χ0) is 33.2. The first-order valence-electron chi connectivity index (χ1n) is 14.2. The van der Waals surface area contributed by atoms with Crippen molar-refractivity contribution in [3.8, 4) is 23.0 Å². The Bertz CT molecular complexity index is 2000. The van der Waals surface area contributed by atoms with Crippen LogP contribution in [0.15, 0.2) is 72.2 Å². The molecule has 14 heteroatoms. The highest BCUT2D eigenvalue weighted by Gasteiger charge is 2.44. The van der Waals surface area contributed by atoms with E-state index in [2.05, 4.69) is 15.3 Å². The normalized spacial score (nSPS) is 14.8. The van der Waals surface area contributed by atoms with Gasteiger partial charge in [-0.25, -0.2) is 23.5 Å². The van der Waals surface area contributed by atoms with Gasteiger partial charge in [0.05, 0.1) is 42.7 Å². The summed E-state index contributed by atoms with van der Waals surface area (Å²) >= 11 is 1.40. The van der Waals surface area contributed by atoms with E-state index in [9.17, 15) is 18.8 Å². The number of carbonyl (C=O) groups excluding carboxylic acids is 3. The number of benzene rings is 3. The highest BCUT2D eigenvalue weighted by molar-refractivity contribution is 7.09. The molecule has 1 N–H and O–H groups in total. The van der Waals surface area contributed by atoms with Gasteiger partial charge in [0.15, 0.2) is 23.1 Å². The molecule has 1 aliphatic rings. The topological polar surface area (TPSA) is 123 Å². The largest absolute Gasteiger partial charge is 0.493 e. The monoisotopic (exact) mass is 659 g/mol. The van der Waals surface area contributed by atoms with Crippen LogP contribution in [0.1, 0.15) is 10.7 Å². The quantitative estimate of drug-likeness (QED) is 0.183. The SMILES string of the molecule is COc1cc2nccc(Oc3ccc(NC(=O)C4CN(Cc5csc(C)n5)C(=O)N(c5ccc(F)cc5)C4=O)cc3F)c2cc1OC. The van der Waals surface area contributed by atoms with Crippen LogP contribution in [0.3, 0.4) is 0 Å². The van der Waals surface area contributed by atoms with Gasteiger partial charge in [0.1, 0.15) is 17.5 Å². The molecule has 240 valence electrons. The van der Waals surface area contributed by atoms with Crippen molar-refractivity contribution in [3.63, 3.8) is 0 Å². The molecule has 2 aromatic heterocycles. The second-order valence-corrected chi connectivity index (χ2v) is 11.6. The fourth-order valence-electron chi connectivity index (χ4n) is 5.15. The number of nitrogens with zero attached hydrogens (tertiary/aromatic N) is 4. The van der Waals surface area contributed by atoms with E-state index in [1.165, 1.54) is 60.9 Å². The maximum atomic E-state index is 15.3. The number of thiazole rings is 1. The number of hydrogen-bond acceptors (Lipinski definition) is 9. The van der Waals surface area contributed by atoms with Crippen molar-refractivity contribution in [2.75, 3.05) is 31.0 Å². The van der Waals surface area contributed by atoms with Gasteiger partial charge in [-0.2, -0.15) is 0 Å². The molecule has 11 nitrogen and oxygen atoms in total. The number of imide groups is 1. The molecular weight excluding hydrogens is 632 g/mol. The van der Waals surface area contributed by atoms with E-state index in [0.29, 0.717) is 33.8 Å². The molecule has 47 heavy (non-hydrogen) atoms. The summed E-state index contributed by atoms with van der Waals surface area (Å²) in [7, 11) is 3.00. The van der Waals surface area contributed by atoms with Gasteiger partial charge >= 0.3 is 6.03 Å². The Balaban J connectivity index is 1.23. The van der Waals surface area contributed by atoms with Crippen molar-refractivity contribution in [3.05, 3.63) is 94.6 Å². The van der Waals surface area contributed by atoms with Crippen molar-refractivity contribution in [1.29, 1.82) is 0 Å². The van der Waals surface area contributed by atoms with Crippen LogP contribution in [0, 0.1) is 24.5 Å². The summed E-state index contributed by atoms with van der Waals surface area (Å²) in [6.07, 6.45) is 1.51. The van der Waals surface area contributed by atoms with E-state index in [1.54, 1.807) is 23.6 Å². The number of amides is 4. The van der Waals surface area contributed by atoms with Crippen LogP contribution in [-0.4, -0.2) is 53.5 Å². The molecule has 1 fully saturated rings. The number of fused-ring (bicyclic) bond motifs is 1. The molecule has 0 aliphatic carbocycles. The van der Waals surface area contributed by atoms with E-state index < -0.39 is 35.4 Å². The Morgan fingerprint density at radius 2 is 1.72 bits per heavy atom. The number of urea groups is 1. The van der Waals surface area contributed by atoms with Crippen molar-refractivity contribution in [2.24, 2.45) is 5.92 Å². The number of carbonyl (C=O) groups is 3. The third-order valence-electron chi connectivity index (χ3n) is 7.43. The Morgan fingerprint density at radius 1 is 0.979 bits per heavy atom. The van der Waals surface area contributed by atoms with E-state index in [0.717, 1.165) is 28.1 Å². The van der Waals surface area contributed by atoms with Crippen LogP contribution in [-0.2, 0) is 16.1 Å². The summed E-state index contributed by atoms with van der Waals surface area (Å²) in [5, 5.41) is 5.70. The molecule has 3 heterocycles. The molecule has 0 saturated carbocycles. The van der Waals surface area contributed by atoms with Crippen LogP contribution >= 0.6 is 11.3 Å². The van der Waals surface area contributed by atoms with Gasteiger partial charge in [-0.05, 0) is 55.5 Å². The second-order valence-electron chi connectivity index (χ2n) is 10.5. The van der Waals surface area contributed by atoms with Gasteiger partial charge in [-0.15, -0.1) is 11.3 Å². The fourth-order valence-corrected chi connectivity index (χ4v) is 5.75. The van der Waals surface area contributed by atoms with Crippen LogP contribution in [0.25, 0.3) is 10.9 Å². The lowest BCUT2D eigenvalue weighted by Crippen LogP contribution is -2.59. The zero-order valence-electron chi connectivity index (χ0n) is 25.3. The van der Waals surface area contributed by atoms with Crippen molar-refractivity contribution in [1.82, 2.24) is 14.9 Å². The maximum absolute atomic E-state index is 15.3. The predicted octanol–water partition coefficient (Wildman–Crippen LogP) is 6.31. The van der Waals surface area contributed by atoms with Crippen molar-refractivity contribution >= 4 is 51.5 Å². The van der Waals surface area contributed by atoms with Gasteiger partial charge < -0.3 is 24.4 Å². The minimum absolute atomic E-state index is 0.0426. The first kappa shape index (κ1) is 31.4. The molecule has 6 rings (SSSR count). The van der Waals surface area contributed by atoms with E-state index in [-0.39, 0.29) is 30.2 Å². The molecular formula is C33H27F2N5O6S. The standard InChI is InChI=1S/C33H27F2N5O6S/c1-18-37-21(17-47-18)15-39-16-24(32(42)40(33(39)43)22-7-4-19(34)5-8-22)31(41)38-20-6-9-28(25(35)12-20)46-27-10-11-36-26-14-30(45-3)29(44-2)13-23(26)27/h4-14,17,24H,15-16H2,1-3H3,(H,38,41). The van der Waals surface area contributed by atoms with Gasteiger partial charge in [0.2, 0.25) is 11.8 Å². The van der Waals surface area contributed by atoms with E-state index >= 15 is 4.39 Å². The summed E-state index contributed by atoms with van der Waals surface area (Å²) in [6, 6.07) is 12.9. The van der Waals surface area contributed by atoms with Crippen LogP contribution < -0.4 is 24.4 Å². The number of hydrogen-bond donors (Lipinski definition) is 1. The summed E-state index contributed by atoms with van der Waals surface area (Å²) in [5.41, 5.74) is 1.29. The number of aryl methyl sites for hydroxylation is 1. The average Bonchev–Trinajstić information content (AvgIpc) is 3.48. The number of ether oxygens (including phenoxy) is 3. The molecule has 0 spiro atoms. The number of methoxy groups -OCH3 is 2. The summed E-state index contributed by atoms with van der Waals surface area (Å²) in [5.74, 6) is -3.17. The summed E-state index contributed by atoms with van der Waals surface area (Å²) in [4.78, 5) is 51.4. The Hall–Kier alpha value is -5.63. The third-order valence-corrected chi connectivity index (χ3v) is 8.25. The number of rotatable bonds is 9. The number of nitrogens with one attached hydrogen (secondary N) is 1. The van der Waals surface area contributed by atoms with Crippen molar-refractivity contribution in [2.45, 2.75) is 13.5 Å². The summed E-state index contributed by atoms with van der Waals surface area (Å²) in [6.45, 7) is 1.62. The van der Waals surface area contributed by atoms with Gasteiger partial charge in [-0.3, -0.25) is 14.6 Å². The highest BCUT2D eigenvalue weighted by atomic mass is 32.1. The third kappa shape index (κ3) is 6.40. The maximum Gasteiger partial charge on any atom is 0.331 e. The molecule has 0 radical (unpaired) electrons. The predicted molar refractivity (Wildman–Crippen MR) is 170 cm³/mol. The first-order valence-corrected chi connectivity index (χ1v) is 15.1.